The van der Waals surface area contributed by atoms with Crippen LogP contribution in [0.4, 0.5) is 0 Å². The van der Waals surface area contributed by atoms with E-state index in [9.17, 15) is 13.2 Å². The van der Waals surface area contributed by atoms with Gasteiger partial charge in [0, 0.05) is 20.0 Å². The number of hydrogen-bond donors (Lipinski definition) is 3. The molecule has 0 bridgehead atoms. The highest BCUT2D eigenvalue weighted by Gasteiger charge is 2.12. The molecule has 8 heteroatoms. The summed E-state index contributed by atoms with van der Waals surface area (Å²) < 4.78 is 26.8. The fraction of sp³-hybridized carbons (Fsp3) is 0.444. The van der Waals surface area contributed by atoms with Gasteiger partial charge in [0.15, 0.2) is 0 Å². The number of nitrogens with one attached hydrogen (secondary N) is 2. The van der Waals surface area contributed by atoms with Gasteiger partial charge in [-0.25, -0.2) is 13.6 Å². The predicted molar refractivity (Wildman–Crippen MR) is 60.5 cm³/mol. The maximum absolute atomic E-state index is 10.9. The summed E-state index contributed by atoms with van der Waals surface area (Å²) in [5.74, 6) is 0.373. The van der Waals surface area contributed by atoms with E-state index in [1.54, 1.807) is 0 Å². The second kappa shape index (κ2) is 5.80. The van der Waals surface area contributed by atoms with Crippen LogP contribution in [0.3, 0.4) is 0 Å². The van der Waals surface area contributed by atoms with E-state index in [1.165, 1.54) is 19.1 Å². The summed E-state index contributed by atoms with van der Waals surface area (Å²) in [7, 11) is -3.78. The fourth-order valence-electron chi connectivity index (χ4n) is 1.14. The summed E-state index contributed by atoms with van der Waals surface area (Å²) >= 11 is 0. The van der Waals surface area contributed by atoms with Crippen molar-refractivity contribution in [3.63, 3.8) is 0 Å². The molecule has 0 saturated carbocycles. The van der Waals surface area contributed by atoms with Gasteiger partial charge in [-0.05, 0) is 12.1 Å². The Morgan fingerprint density at radius 2 is 2.12 bits per heavy atom. The molecule has 0 aliphatic carbocycles. The van der Waals surface area contributed by atoms with Crippen LogP contribution in [0.5, 0.6) is 0 Å². The molecule has 1 heterocycles. The van der Waals surface area contributed by atoms with Crippen LogP contribution in [0.2, 0.25) is 0 Å². The van der Waals surface area contributed by atoms with Gasteiger partial charge in [-0.3, -0.25) is 4.79 Å². The number of carbonyl (C=O) groups is 1. The molecule has 0 radical (unpaired) electrons. The van der Waals surface area contributed by atoms with E-state index in [0.29, 0.717) is 25.4 Å². The first-order chi connectivity index (χ1) is 7.89. The van der Waals surface area contributed by atoms with Crippen LogP contribution in [-0.4, -0.2) is 27.4 Å². The molecular weight excluding hydrogens is 246 g/mol. The van der Waals surface area contributed by atoms with Crippen molar-refractivity contribution in [2.24, 2.45) is 5.14 Å². The van der Waals surface area contributed by atoms with Crippen molar-refractivity contribution in [2.75, 3.05) is 13.1 Å². The summed E-state index contributed by atoms with van der Waals surface area (Å²) in [4.78, 5) is 10.6. The van der Waals surface area contributed by atoms with Crippen molar-refractivity contribution < 1.29 is 17.6 Å². The Kier molecular flexibility index (Phi) is 4.67. The quantitative estimate of drug-likeness (QED) is 0.577. The number of furan rings is 1. The molecule has 0 aromatic carbocycles. The second-order valence-corrected chi connectivity index (χ2v) is 4.92. The third-order valence-corrected chi connectivity index (χ3v) is 2.67. The Morgan fingerprint density at radius 1 is 1.41 bits per heavy atom. The molecule has 17 heavy (non-hydrogen) atoms. The molecule has 0 unspecified atom stereocenters. The molecule has 0 aliphatic heterocycles. The number of rotatable bonds is 6. The molecular formula is C9H15N3O4S. The highest BCUT2D eigenvalue weighted by molar-refractivity contribution is 7.89. The molecule has 0 atom stereocenters. The Bertz CT molecular complexity index is 480. The van der Waals surface area contributed by atoms with Gasteiger partial charge in [0.05, 0.1) is 6.54 Å². The van der Waals surface area contributed by atoms with Crippen LogP contribution in [-0.2, 0) is 21.4 Å². The number of amides is 1. The molecule has 7 nitrogen and oxygen atoms in total. The summed E-state index contributed by atoms with van der Waals surface area (Å²) in [6.45, 7) is 2.86. The zero-order valence-corrected chi connectivity index (χ0v) is 10.2. The highest BCUT2D eigenvalue weighted by Crippen LogP contribution is 2.11. The minimum absolute atomic E-state index is 0.0960. The molecule has 0 saturated heterocycles. The summed E-state index contributed by atoms with van der Waals surface area (Å²) in [6, 6.07) is 2.84. The van der Waals surface area contributed by atoms with Gasteiger partial charge in [-0.15, -0.1) is 0 Å². The van der Waals surface area contributed by atoms with Gasteiger partial charge in [0.1, 0.15) is 5.76 Å². The largest absolute Gasteiger partial charge is 0.447 e. The van der Waals surface area contributed by atoms with Crippen LogP contribution in [0.15, 0.2) is 21.6 Å². The maximum atomic E-state index is 10.9. The lowest BCUT2D eigenvalue weighted by atomic mass is 10.4. The summed E-state index contributed by atoms with van der Waals surface area (Å²) in [5, 5.41) is 10.2. The molecule has 1 aromatic heterocycles. The zero-order chi connectivity index (χ0) is 12.9. The van der Waals surface area contributed by atoms with Crippen molar-refractivity contribution in [1.29, 1.82) is 0 Å². The smallest absolute Gasteiger partial charge is 0.271 e. The van der Waals surface area contributed by atoms with Crippen LogP contribution >= 0.6 is 0 Å². The monoisotopic (exact) mass is 261 g/mol. The Hall–Kier alpha value is -1.38. The lowest BCUT2D eigenvalue weighted by Crippen LogP contribution is -2.29. The number of primary sulfonamides is 1. The zero-order valence-electron chi connectivity index (χ0n) is 9.39. The molecule has 96 valence electrons. The minimum atomic E-state index is -3.78. The van der Waals surface area contributed by atoms with E-state index in [-0.39, 0.29) is 11.0 Å². The van der Waals surface area contributed by atoms with E-state index in [2.05, 4.69) is 10.6 Å². The van der Waals surface area contributed by atoms with Gasteiger partial charge in [-0.1, -0.05) is 0 Å². The molecule has 1 aromatic rings. The lowest BCUT2D eigenvalue weighted by Gasteiger charge is -2.03. The highest BCUT2D eigenvalue weighted by atomic mass is 32.2. The Labute approximate surface area is 99.4 Å². The summed E-state index contributed by atoms with van der Waals surface area (Å²) in [5.41, 5.74) is 0. The van der Waals surface area contributed by atoms with Gasteiger partial charge in [0.25, 0.3) is 10.0 Å². The van der Waals surface area contributed by atoms with Crippen molar-refractivity contribution in [2.45, 2.75) is 18.6 Å². The number of sulfonamides is 1. The first kappa shape index (κ1) is 13.7. The third kappa shape index (κ3) is 4.98. The predicted octanol–water partition coefficient (Wildman–Crippen LogP) is -0.847. The van der Waals surface area contributed by atoms with Crippen molar-refractivity contribution in [3.8, 4) is 0 Å². The molecule has 0 aliphatic rings. The van der Waals surface area contributed by atoms with Gasteiger partial charge in [0.2, 0.25) is 11.0 Å². The van der Waals surface area contributed by atoms with Crippen LogP contribution in [0.25, 0.3) is 0 Å². The fourth-order valence-corrected chi connectivity index (χ4v) is 1.63. The average molecular weight is 261 g/mol. The average Bonchev–Trinajstić information content (AvgIpc) is 2.64. The number of hydrogen-bond acceptors (Lipinski definition) is 5. The molecule has 4 N–H and O–H groups in total. The van der Waals surface area contributed by atoms with Crippen molar-refractivity contribution in [3.05, 3.63) is 17.9 Å². The second-order valence-electron chi connectivity index (χ2n) is 3.43. The molecule has 1 rings (SSSR count). The van der Waals surface area contributed by atoms with Gasteiger partial charge < -0.3 is 15.1 Å². The summed E-state index contributed by atoms with van der Waals surface area (Å²) in [6.07, 6.45) is 0. The third-order valence-electron chi connectivity index (χ3n) is 1.89. The van der Waals surface area contributed by atoms with Crippen LogP contribution in [0.1, 0.15) is 12.7 Å². The Morgan fingerprint density at radius 3 is 2.65 bits per heavy atom. The van der Waals surface area contributed by atoms with Crippen molar-refractivity contribution in [1.82, 2.24) is 10.6 Å². The SMILES string of the molecule is CC(=O)NCCNCc1ccc(S(N)(=O)=O)o1. The van der Waals surface area contributed by atoms with E-state index in [4.69, 9.17) is 9.56 Å². The van der Waals surface area contributed by atoms with E-state index in [1.807, 2.05) is 0 Å². The van der Waals surface area contributed by atoms with Crippen LogP contribution < -0.4 is 15.8 Å². The minimum Gasteiger partial charge on any atom is -0.447 e. The normalized spacial score (nSPS) is 11.4. The van der Waals surface area contributed by atoms with Crippen molar-refractivity contribution >= 4 is 15.9 Å². The topological polar surface area (TPSA) is 114 Å². The van der Waals surface area contributed by atoms with Gasteiger partial charge in [-0.2, -0.15) is 0 Å². The molecule has 0 fully saturated rings. The lowest BCUT2D eigenvalue weighted by molar-refractivity contribution is -0.118. The van der Waals surface area contributed by atoms with Gasteiger partial charge >= 0.3 is 0 Å². The first-order valence-electron chi connectivity index (χ1n) is 4.96. The first-order valence-corrected chi connectivity index (χ1v) is 6.51. The van der Waals surface area contributed by atoms with E-state index < -0.39 is 10.0 Å². The van der Waals surface area contributed by atoms with E-state index >= 15 is 0 Å². The Balaban J connectivity index is 2.33. The molecule has 0 spiro atoms. The maximum Gasteiger partial charge on any atom is 0.271 e. The number of nitrogens with two attached hydrogens (primary N) is 1. The molecule has 1 amide bonds. The number of carbonyl (C=O) groups excluding carboxylic acids is 1. The van der Waals surface area contributed by atoms with Crippen LogP contribution in [0, 0.1) is 0 Å². The van der Waals surface area contributed by atoms with E-state index in [0.717, 1.165) is 0 Å². The standard InChI is InChI=1S/C9H15N3O4S/c1-7(13)12-5-4-11-6-8-2-3-9(16-8)17(10,14)15/h2-3,11H,4-6H2,1H3,(H,12,13)(H2,10,14,15).